The maximum atomic E-state index is 12.7. The van der Waals surface area contributed by atoms with Crippen molar-refractivity contribution >= 4 is 5.91 Å². The zero-order valence-corrected chi connectivity index (χ0v) is 13.4. The van der Waals surface area contributed by atoms with Crippen molar-refractivity contribution in [2.75, 3.05) is 20.8 Å². The second-order valence-corrected chi connectivity index (χ2v) is 6.02. The molecule has 124 valence electrons. The fourth-order valence-electron chi connectivity index (χ4n) is 2.65. The quantitative estimate of drug-likeness (QED) is 0.718. The van der Waals surface area contributed by atoms with Gasteiger partial charge in [0.2, 0.25) is 11.8 Å². The van der Waals surface area contributed by atoms with Crippen LogP contribution in [0.25, 0.3) is 0 Å². The van der Waals surface area contributed by atoms with Gasteiger partial charge in [0.1, 0.15) is 0 Å². The molecule has 1 aliphatic rings. The van der Waals surface area contributed by atoms with Gasteiger partial charge in [0, 0.05) is 39.5 Å². The molecule has 23 heavy (non-hydrogen) atoms. The lowest BCUT2D eigenvalue weighted by Crippen LogP contribution is -2.36. The average molecular weight is 319 g/mol. The fraction of sp³-hybridized carbons (Fsp3) is 0.600. The van der Waals surface area contributed by atoms with Crippen molar-refractivity contribution in [3.05, 3.63) is 30.4 Å². The first-order valence-electron chi connectivity index (χ1n) is 7.65. The maximum Gasteiger partial charge on any atom is 0.246 e. The van der Waals surface area contributed by atoms with Crippen LogP contribution in [0.2, 0.25) is 0 Å². The molecule has 0 spiro atoms. The molecular formula is C15H21N5O3. The molecule has 0 aromatic carbocycles. The number of aromatic nitrogens is 4. The minimum Gasteiger partial charge on any atom is -0.384 e. The van der Waals surface area contributed by atoms with Crippen LogP contribution < -0.4 is 0 Å². The molecule has 8 heteroatoms. The molecule has 1 aliphatic carbocycles. The van der Waals surface area contributed by atoms with E-state index in [2.05, 4.69) is 15.1 Å². The van der Waals surface area contributed by atoms with Gasteiger partial charge in [0.15, 0.2) is 5.82 Å². The first kappa shape index (κ1) is 15.7. The van der Waals surface area contributed by atoms with Gasteiger partial charge < -0.3 is 18.7 Å². The van der Waals surface area contributed by atoms with Crippen LogP contribution in [0.15, 0.2) is 23.2 Å². The van der Waals surface area contributed by atoms with Gasteiger partial charge in [-0.15, -0.1) is 0 Å². The molecule has 0 atom stereocenters. The molecule has 0 saturated heterocycles. The lowest BCUT2D eigenvalue weighted by molar-refractivity contribution is -0.137. The van der Waals surface area contributed by atoms with Gasteiger partial charge in [-0.2, -0.15) is 4.98 Å². The summed E-state index contributed by atoms with van der Waals surface area (Å²) in [6, 6.07) is 0. The summed E-state index contributed by atoms with van der Waals surface area (Å²) in [5.41, 5.74) is -0.311. The third kappa shape index (κ3) is 3.58. The summed E-state index contributed by atoms with van der Waals surface area (Å²) in [5, 5.41) is 3.89. The minimum atomic E-state index is -0.311. The van der Waals surface area contributed by atoms with Crippen LogP contribution in [-0.2, 0) is 29.0 Å². The highest BCUT2D eigenvalue weighted by Gasteiger charge is 2.51. The number of carbonyl (C=O) groups is 1. The predicted octanol–water partition coefficient (Wildman–Crippen LogP) is 0.894. The topological polar surface area (TPSA) is 86.3 Å². The number of hydrogen-bond donors (Lipinski definition) is 0. The number of carbonyl (C=O) groups excluding carboxylic acids is 1. The van der Waals surface area contributed by atoms with Crippen LogP contribution >= 0.6 is 0 Å². The normalized spacial score (nSPS) is 15.6. The number of nitrogens with zero attached hydrogens (tertiary/aromatic N) is 5. The van der Waals surface area contributed by atoms with Crippen LogP contribution in [0.1, 0.15) is 24.6 Å². The largest absolute Gasteiger partial charge is 0.384 e. The Bertz CT molecular complexity index is 648. The molecule has 0 unspecified atom stereocenters. The van der Waals surface area contributed by atoms with Gasteiger partial charge in [-0.3, -0.25) is 4.79 Å². The summed E-state index contributed by atoms with van der Waals surface area (Å²) in [4.78, 5) is 22.7. The smallest absolute Gasteiger partial charge is 0.246 e. The number of methoxy groups -OCH3 is 1. The molecule has 1 saturated carbocycles. The molecule has 2 aromatic rings. The van der Waals surface area contributed by atoms with E-state index in [1.54, 1.807) is 31.6 Å². The van der Waals surface area contributed by atoms with Gasteiger partial charge in [0.05, 0.1) is 24.9 Å². The van der Waals surface area contributed by atoms with E-state index in [1.165, 1.54) is 0 Å². The number of ether oxygens (including phenoxy) is 1. The van der Waals surface area contributed by atoms with E-state index in [1.807, 2.05) is 10.8 Å². The van der Waals surface area contributed by atoms with E-state index in [4.69, 9.17) is 9.26 Å². The van der Waals surface area contributed by atoms with Gasteiger partial charge in [0.25, 0.3) is 0 Å². The predicted molar refractivity (Wildman–Crippen MR) is 80.2 cm³/mol. The fourth-order valence-corrected chi connectivity index (χ4v) is 2.65. The molecule has 1 fully saturated rings. The van der Waals surface area contributed by atoms with E-state index in [0.29, 0.717) is 37.8 Å². The van der Waals surface area contributed by atoms with Crippen molar-refractivity contribution in [2.24, 2.45) is 5.41 Å². The molecule has 2 heterocycles. The van der Waals surface area contributed by atoms with E-state index in [-0.39, 0.29) is 11.3 Å². The Labute approximate surface area is 134 Å². The summed E-state index contributed by atoms with van der Waals surface area (Å²) in [6.07, 6.45) is 7.75. The van der Waals surface area contributed by atoms with Crippen LogP contribution in [-0.4, -0.2) is 51.3 Å². The third-order valence-corrected chi connectivity index (χ3v) is 4.11. The Balaban J connectivity index is 1.58. The molecule has 0 N–H and O–H groups in total. The van der Waals surface area contributed by atoms with Crippen LogP contribution in [0.3, 0.4) is 0 Å². The number of hydrogen-bond acceptors (Lipinski definition) is 6. The maximum absolute atomic E-state index is 12.7. The van der Waals surface area contributed by atoms with Crippen molar-refractivity contribution in [1.29, 1.82) is 0 Å². The third-order valence-electron chi connectivity index (χ3n) is 4.11. The molecule has 1 amide bonds. The summed E-state index contributed by atoms with van der Waals surface area (Å²) >= 11 is 0. The van der Waals surface area contributed by atoms with E-state index in [0.717, 1.165) is 12.8 Å². The SMILES string of the molecule is COCCc1noc(CN(C)C(=O)C2(Cn3ccnc3)CC2)n1. The summed E-state index contributed by atoms with van der Waals surface area (Å²) in [7, 11) is 3.40. The lowest BCUT2D eigenvalue weighted by atomic mass is 10.1. The molecule has 0 bridgehead atoms. The second kappa shape index (κ2) is 6.49. The average Bonchev–Trinajstić information content (AvgIpc) is 2.95. The molecule has 2 aromatic heterocycles. The number of imidazole rings is 1. The molecule has 0 radical (unpaired) electrons. The highest BCUT2D eigenvalue weighted by molar-refractivity contribution is 5.85. The van der Waals surface area contributed by atoms with E-state index in [9.17, 15) is 4.79 Å². The lowest BCUT2D eigenvalue weighted by Gasteiger charge is -2.22. The molecular weight excluding hydrogens is 298 g/mol. The van der Waals surface area contributed by atoms with Gasteiger partial charge in [-0.25, -0.2) is 4.98 Å². The standard InChI is InChI=1S/C15H21N5O3/c1-19(9-13-17-12(18-23-13)3-8-22-2)14(21)15(4-5-15)10-20-7-6-16-11-20/h6-7,11H,3-5,8-10H2,1-2H3. The highest BCUT2D eigenvalue weighted by Crippen LogP contribution is 2.48. The molecule has 8 nitrogen and oxygen atoms in total. The Morgan fingerprint density at radius 3 is 3.00 bits per heavy atom. The Morgan fingerprint density at radius 1 is 1.52 bits per heavy atom. The first-order valence-corrected chi connectivity index (χ1v) is 7.65. The Morgan fingerprint density at radius 2 is 2.35 bits per heavy atom. The second-order valence-electron chi connectivity index (χ2n) is 6.02. The van der Waals surface area contributed by atoms with Crippen molar-refractivity contribution in [2.45, 2.75) is 32.4 Å². The van der Waals surface area contributed by atoms with Gasteiger partial charge in [-0.05, 0) is 12.8 Å². The molecule has 0 aliphatic heterocycles. The summed E-state index contributed by atoms with van der Waals surface area (Å²) in [6.45, 7) is 1.53. The Kier molecular flexibility index (Phi) is 4.42. The van der Waals surface area contributed by atoms with Crippen molar-refractivity contribution in [3.63, 3.8) is 0 Å². The summed E-state index contributed by atoms with van der Waals surface area (Å²) in [5.74, 6) is 1.16. The summed E-state index contributed by atoms with van der Waals surface area (Å²) < 4.78 is 12.1. The van der Waals surface area contributed by atoms with Crippen LogP contribution in [0, 0.1) is 5.41 Å². The monoisotopic (exact) mass is 319 g/mol. The number of amides is 1. The number of rotatable bonds is 8. The Hall–Kier alpha value is -2.22. The molecule has 3 rings (SSSR count). The van der Waals surface area contributed by atoms with E-state index >= 15 is 0 Å². The van der Waals surface area contributed by atoms with Crippen LogP contribution in [0.5, 0.6) is 0 Å². The van der Waals surface area contributed by atoms with Crippen molar-refractivity contribution in [3.8, 4) is 0 Å². The van der Waals surface area contributed by atoms with Crippen molar-refractivity contribution in [1.82, 2.24) is 24.6 Å². The van der Waals surface area contributed by atoms with Crippen LogP contribution in [0.4, 0.5) is 0 Å². The highest BCUT2D eigenvalue weighted by atomic mass is 16.5. The zero-order valence-electron chi connectivity index (χ0n) is 13.4. The van der Waals surface area contributed by atoms with E-state index < -0.39 is 0 Å². The first-order chi connectivity index (χ1) is 11.1. The van der Waals surface area contributed by atoms with Crippen molar-refractivity contribution < 1.29 is 14.1 Å². The van der Waals surface area contributed by atoms with Gasteiger partial charge >= 0.3 is 0 Å². The zero-order chi connectivity index (χ0) is 16.3. The van der Waals surface area contributed by atoms with Gasteiger partial charge in [-0.1, -0.05) is 5.16 Å². The minimum absolute atomic E-state index is 0.114.